The summed E-state index contributed by atoms with van der Waals surface area (Å²) in [6.45, 7) is 3.88. The lowest BCUT2D eigenvalue weighted by molar-refractivity contribution is -0.413. The van der Waals surface area contributed by atoms with Gasteiger partial charge in [-0.15, -0.1) is 0 Å². The number of aromatic nitrogens is 1. The Morgan fingerprint density at radius 3 is 2.58 bits per heavy atom. The zero-order chi connectivity index (χ0) is 13.8. The Bertz CT molecular complexity index is 584. The average Bonchev–Trinajstić information content (AvgIpc) is 2.41. The molecule has 0 saturated carbocycles. The topological polar surface area (TPSA) is 69.3 Å². The van der Waals surface area contributed by atoms with Gasteiger partial charge in [0.25, 0.3) is 5.82 Å². The van der Waals surface area contributed by atoms with E-state index in [1.165, 1.54) is 6.20 Å². The number of rotatable bonds is 4. The van der Waals surface area contributed by atoms with Crippen molar-refractivity contribution in [2.24, 2.45) is 0 Å². The molecule has 0 aliphatic carbocycles. The van der Waals surface area contributed by atoms with Crippen molar-refractivity contribution in [1.29, 1.82) is 0 Å². The van der Waals surface area contributed by atoms with Crippen LogP contribution in [0.3, 0.4) is 0 Å². The van der Waals surface area contributed by atoms with Crippen LogP contribution in [-0.4, -0.2) is 4.92 Å². The van der Waals surface area contributed by atoms with Crippen LogP contribution in [-0.2, 0) is 0 Å². The van der Waals surface area contributed by atoms with Gasteiger partial charge in [0.05, 0.1) is 4.92 Å². The molecule has 0 saturated heterocycles. The maximum atomic E-state index is 10.7. The molecule has 0 radical (unpaired) electrons. The van der Waals surface area contributed by atoms with E-state index in [-0.39, 0.29) is 11.7 Å². The van der Waals surface area contributed by atoms with Gasteiger partial charge in [-0.3, -0.25) is 15.4 Å². The highest BCUT2D eigenvalue weighted by atomic mass is 16.6. The van der Waals surface area contributed by atoms with Crippen LogP contribution in [0.15, 0.2) is 42.6 Å². The molecular formula is C14H16N3O2+. The number of hydrogen-bond acceptors (Lipinski definition) is 3. The molecule has 0 amide bonds. The first-order valence-corrected chi connectivity index (χ1v) is 6.06. The van der Waals surface area contributed by atoms with Crippen molar-refractivity contribution in [1.82, 2.24) is 0 Å². The Morgan fingerprint density at radius 1 is 1.32 bits per heavy atom. The molecule has 5 nitrogen and oxygen atoms in total. The molecule has 0 aliphatic heterocycles. The van der Waals surface area contributed by atoms with E-state index in [1.807, 2.05) is 44.2 Å². The minimum atomic E-state index is -0.409. The van der Waals surface area contributed by atoms with Gasteiger partial charge < -0.3 is 0 Å². The van der Waals surface area contributed by atoms with Gasteiger partial charge in [-0.05, 0) is 19.4 Å². The number of anilines is 1. The Hall–Kier alpha value is -2.43. The van der Waals surface area contributed by atoms with Gasteiger partial charge in [0.1, 0.15) is 6.04 Å². The fourth-order valence-electron chi connectivity index (χ4n) is 1.90. The van der Waals surface area contributed by atoms with Crippen molar-refractivity contribution in [3.05, 3.63) is 63.8 Å². The standard InChI is InChI=1S/C14H15N3O2/c1-10-8-13(17(18)19)9-15-14(10)16-11(2)12-6-4-3-5-7-12/h3-9,11H,1-2H3,(H,15,16)/p+1/t11-/m0/s1. The Morgan fingerprint density at radius 2 is 2.00 bits per heavy atom. The number of hydrogen-bond donors (Lipinski definition) is 1. The monoisotopic (exact) mass is 258 g/mol. The van der Waals surface area contributed by atoms with Crippen molar-refractivity contribution < 1.29 is 9.91 Å². The lowest BCUT2D eigenvalue weighted by Crippen LogP contribution is -2.18. The molecule has 2 N–H and O–H groups in total. The molecule has 0 bridgehead atoms. The molecule has 1 aromatic carbocycles. The molecule has 5 heteroatoms. The quantitative estimate of drug-likeness (QED) is 0.677. The van der Waals surface area contributed by atoms with Crippen molar-refractivity contribution in [3.63, 3.8) is 0 Å². The van der Waals surface area contributed by atoms with E-state index in [0.29, 0.717) is 0 Å². The molecule has 0 aliphatic rings. The predicted octanol–water partition coefficient (Wildman–Crippen LogP) is 2.89. The van der Waals surface area contributed by atoms with Crippen molar-refractivity contribution in [2.45, 2.75) is 19.9 Å². The van der Waals surface area contributed by atoms with E-state index in [9.17, 15) is 10.1 Å². The molecular weight excluding hydrogens is 242 g/mol. The smallest absolute Gasteiger partial charge is 0.268 e. The third kappa shape index (κ3) is 3.07. The minimum absolute atomic E-state index is 0.0652. The van der Waals surface area contributed by atoms with Gasteiger partial charge in [0.2, 0.25) is 0 Å². The number of aryl methyl sites for hydroxylation is 1. The molecule has 2 rings (SSSR count). The average molecular weight is 258 g/mol. The number of pyridine rings is 1. The second-order valence-corrected chi connectivity index (χ2v) is 4.45. The third-order valence-corrected chi connectivity index (χ3v) is 2.99. The number of nitrogens with zero attached hydrogens (tertiary/aromatic N) is 1. The summed E-state index contributed by atoms with van der Waals surface area (Å²) in [6, 6.07) is 11.7. The molecule has 2 aromatic rings. The van der Waals surface area contributed by atoms with Crippen LogP contribution < -0.4 is 10.3 Å². The fraction of sp³-hybridized carbons (Fsp3) is 0.214. The fourth-order valence-corrected chi connectivity index (χ4v) is 1.90. The van der Waals surface area contributed by atoms with Crippen molar-refractivity contribution in [3.8, 4) is 0 Å². The first kappa shape index (κ1) is 13.0. The lowest BCUT2D eigenvalue weighted by atomic mass is 10.1. The molecule has 98 valence electrons. The summed E-state index contributed by atoms with van der Waals surface area (Å²) in [4.78, 5) is 13.2. The van der Waals surface area contributed by atoms with Crippen LogP contribution >= 0.6 is 0 Å². The summed E-state index contributed by atoms with van der Waals surface area (Å²) in [5.74, 6) is 0.793. The number of nitrogens with one attached hydrogen (secondary N) is 2. The Kier molecular flexibility index (Phi) is 3.75. The van der Waals surface area contributed by atoms with E-state index in [4.69, 9.17) is 0 Å². The molecule has 1 aromatic heterocycles. The van der Waals surface area contributed by atoms with E-state index in [1.54, 1.807) is 6.07 Å². The summed E-state index contributed by atoms with van der Waals surface area (Å²) in [7, 11) is 0. The van der Waals surface area contributed by atoms with Crippen LogP contribution in [0.25, 0.3) is 0 Å². The normalized spacial score (nSPS) is 11.9. The number of H-pyrrole nitrogens is 1. The second kappa shape index (κ2) is 5.48. The maximum Gasteiger partial charge on any atom is 0.308 e. The lowest BCUT2D eigenvalue weighted by Gasteiger charge is -2.10. The summed E-state index contributed by atoms with van der Waals surface area (Å²) in [5, 5.41) is 14.0. The highest BCUT2D eigenvalue weighted by Gasteiger charge is 2.17. The predicted molar refractivity (Wildman–Crippen MR) is 72.9 cm³/mol. The van der Waals surface area contributed by atoms with E-state index in [0.717, 1.165) is 16.9 Å². The first-order chi connectivity index (χ1) is 9.08. The maximum absolute atomic E-state index is 10.7. The Labute approximate surface area is 111 Å². The third-order valence-electron chi connectivity index (χ3n) is 2.99. The zero-order valence-electron chi connectivity index (χ0n) is 10.9. The van der Waals surface area contributed by atoms with Gasteiger partial charge in [0.15, 0.2) is 6.20 Å². The van der Waals surface area contributed by atoms with E-state index in [2.05, 4.69) is 10.3 Å². The number of aromatic amines is 1. The van der Waals surface area contributed by atoms with Crippen LogP contribution in [0.1, 0.15) is 24.1 Å². The summed E-state index contributed by atoms with van der Waals surface area (Å²) < 4.78 is 0. The van der Waals surface area contributed by atoms with Gasteiger partial charge in [-0.2, -0.15) is 0 Å². The summed E-state index contributed by atoms with van der Waals surface area (Å²) in [6.07, 6.45) is 1.40. The van der Waals surface area contributed by atoms with E-state index < -0.39 is 4.92 Å². The molecule has 0 fully saturated rings. The van der Waals surface area contributed by atoms with Crippen LogP contribution in [0.4, 0.5) is 11.5 Å². The van der Waals surface area contributed by atoms with Crippen molar-refractivity contribution >= 4 is 11.5 Å². The highest BCUT2D eigenvalue weighted by molar-refractivity contribution is 5.44. The molecule has 0 spiro atoms. The Balaban J connectivity index is 2.18. The summed E-state index contributed by atoms with van der Waals surface area (Å²) in [5.41, 5.74) is 2.04. The first-order valence-electron chi connectivity index (χ1n) is 6.06. The summed E-state index contributed by atoms with van der Waals surface area (Å²) >= 11 is 0. The number of benzene rings is 1. The van der Waals surface area contributed by atoms with Crippen LogP contribution in [0, 0.1) is 17.0 Å². The molecule has 19 heavy (non-hydrogen) atoms. The van der Waals surface area contributed by atoms with Gasteiger partial charge in [-0.25, -0.2) is 4.98 Å². The van der Waals surface area contributed by atoms with E-state index >= 15 is 0 Å². The zero-order valence-corrected chi connectivity index (χ0v) is 10.9. The second-order valence-electron chi connectivity index (χ2n) is 4.45. The minimum Gasteiger partial charge on any atom is -0.268 e. The molecule has 1 heterocycles. The van der Waals surface area contributed by atoms with Crippen LogP contribution in [0.5, 0.6) is 0 Å². The van der Waals surface area contributed by atoms with Crippen molar-refractivity contribution in [2.75, 3.05) is 5.32 Å². The van der Waals surface area contributed by atoms with Gasteiger partial charge in [0, 0.05) is 11.6 Å². The highest BCUT2D eigenvalue weighted by Crippen LogP contribution is 2.20. The largest absolute Gasteiger partial charge is 0.308 e. The molecule has 0 unspecified atom stereocenters. The van der Waals surface area contributed by atoms with Crippen LogP contribution in [0.2, 0.25) is 0 Å². The number of nitro groups is 1. The van der Waals surface area contributed by atoms with Gasteiger partial charge >= 0.3 is 5.69 Å². The van der Waals surface area contributed by atoms with Gasteiger partial charge in [-0.1, -0.05) is 30.3 Å². The molecule has 1 atom stereocenters. The SMILES string of the molecule is Cc1cc([N+](=O)[O-])c[nH+]c1N[C@@H](C)c1ccccc1.